The quantitative estimate of drug-likeness (QED) is 0.184. The van der Waals surface area contributed by atoms with Crippen LogP contribution < -0.4 is 27.8 Å². The summed E-state index contributed by atoms with van der Waals surface area (Å²) in [6, 6.07) is -2.36. The zero-order chi connectivity index (χ0) is 24.5. The van der Waals surface area contributed by atoms with Gasteiger partial charge in [0.05, 0.1) is 24.7 Å². The third kappa shape index (κ3) is 5.68. The number of likely N-dealkylation sites (N-methyl/N-ethyl adjacent to an activating group) is 2. The molecule has 12 nitrogen and oxygen atoms in total. The molecule has 2 aliphatic heterocycles. The van der Waals surface area contributed by atoms with Crippen LogP contribution in [0.5, 0.6) is 0 Å². The van der Waals surface area contributed by atoms with Crippen molar-refractivity contribution < 1.29 is 34.3 Å². The molecule has 12 heteroatoms. The van der Waals surface area contributed by atoms with E-state index in [4.69, 9.17) is 36.1 Å². The van der Waals surface area contributed by atoms with Crippen LogP contribution in [0.3, 0.4) is 0 Å². The van der Waals surface area contributed by atoms with E-state index in [0.29, 0.717) is 18.6 Å². The van der Waals surface area contributed by atoms with E-state index in [0.717, 1.165) is 0 Å². The van der Waals surface area contributed by atoms with Crippen molar-refractivity contribution in [3.05, 3.63) is 11.8 Å². The highest BCUT2D eigenvalue weighted by molar-refractivity contribution is 5.08. The molecular formula is C21H41N5O7. The Labute approximate surface area is 194 Å². The molecule has 1 aliphatic carbocycles. The van der Waals surface area contributed by atoms with Gasteiger partial charge in [-0.25, -0.2) is 0 Å². The Kier molecular flexibility index (Phi) is 8.73. The SMILES string of the molecule is CNC(C)C1=CCC(N)C(OC2C(N)CC(N)C(OC3OCC(C)(O)C(NC)C3O)C2O)O1. The summed E-state index contributed by atoms with van der Waals surface area (Å²) < 4.78 is 23.5. The van der Waals surface area contributed by atoms with Crippen LogP contribution in [-0.4, -0.2) is 109 Å². The summed E-state index contributed by atoms with van der Waals surface area (Å²) in [5.74, 6) is 0.705. The second-order valence-corrected chi connectivity index (χ2v) is 9.55. The number of hydrogen-bond acceptors (Lipinski definition) is 12. The molecule has 0 radical (unpaired) electrons. The zero-order valence-corrected chi connectivity index (χ0v) is 19.8. The number of aliphatic hydroxyl groups excluding tert-OH is 2. The number of nitrogens with two attached hydrogens (primary N) is 3. The van der Waals surface area contributed by atoms with E-state index in [1.165, 1.54) is 0 Å². The average molecular weight is 476 g/mol. The Morgan fingerprint density at radius 1 is 1.06 bits per heavy atom. The third-order valence-electron chi connectivity index (χ3n) is 6.84. The number of hydrogen-bond donors (Lipinski definition) is 8. The Morgan fingerprint density at radius 3 is 2.24 bits per heavy atom. The first-order valence-electron chi connectivity index (χ1n) is 11.5. The van der Waals surface area contributed by atoms with E-state index in [2.05, 4.69) is 10.6 Å². The van der Waals surface area contributed by atoms with Gasteiger partial charge < -0.3 is 62.1 Å². The minimum atomic E-state index is -1.29. The molecule has 1 saturated carbocycles. The molecule has 12 unspecified atom stereocenters. The molecule has 0 aromatic carbocycles. The molecule has 2 heterocycles. The number of ether oxygens (including phenoxy) is 4. The Balaban J connectivity index is 1.70. The van der Waals surface area contributed by atoms with Crippen LogP contribution in [0.25, 0.3) is 0 Å². The summed E-state index contributed by atoms with van der Waals surface area (Å²) in [6.07, 6.45) is -3.35. The first kappa shape index (κ1) is 26.7. The van der Waals surface area contributed by atoms with Crippen molar-refractivity contribution in [2.45, 2.75) is 99.5 Å². The van der Waals surface area contributed by atoms with E-state index in [-0.39, 0.29) is 12.6 Å². The maximum Gasteiger partial charge on any atom is 0.215 e. The fourth-order valence-electron chi connectivity index (χ4n) is 4.70. The van der Waals surface area contributed by atoms with Gasteiger partial charge in [-0.3, -0.25) is 0 Å². The zero-order valence-electron chi connectivity index (χ0n) is 19.8. The number of aliphatic hydroxyl groups is 3. The lowest BCUT2D eigenvalue weighted by Gasteiger charge is -2.48. The van der Waals surface area contributed by atoms with Gasteiger partial charge in [-0.15, -0.1) is 0 Å². The van der Waals surface area contributed by atoms with Gasteiger partial charge in [0.15, 0.2) is 6.29 Å². The molecule has 33 heavy (non-hydrogen) atoms. The average Bonchev–Trinajstić information content (AvgIpc) is 2.76. The van der Waals surface area contributed by atoms with E-state index in [1.807, 2.05) is 20.0 Å². The Bertz CT molecular complexity index is 683. The summed E-state index contributed by atoms with van der Waals surface area (Å²) in [6.45, 7) is 3.44. The predicted molar refractivity (Wildman–Crippen MR) is 120 cm³/mol. The third-order valence-corrected chi connectivity index (χ3v) is 6.84. The Hall–Kier alpha value is -0.900. The second-order valence-electron chi connectivity index (χ2n) is 9.55. The van der Waals surface area contributed by atoms with Crippen LogP contribution in [0.15, 0.2) is 11.8 Å². The molecule has 2 fully saturated rings. The topological polar surface area (TPSA) is 200 Å². The molecule has 0 amide bonds. The van der Waals surface area contributed by atoms with Crippen LogP contribution in [0.2, 0.25) is 0 Å². The highest BCUT2D eigenvalue weighted by Gasteiger charge is 2.50. The molecule has 0 aromatic rings. The van der Waals surface area contributed by atoms with Gasteiger partial charge in [0.2, 0.25) is 6.29 Å². The fraction of sp³-hybridized carbons (Fsp3) is 0.905. The minimum Gasteiger partial charge on any atom is -0.466 e. The maximum atomic E-state index is 11.1. The molecule has 12 atom stereocenters. The summed E-state index contributed by atoms with van der Waals surface area (Å²) >= 11 is 0. The fourth-order valence-corrected chi connectivity index (χ4v) is 4.70. The van der Waals surface area contributed by atoms with Gasteiger partial charge in [-0.1, -0.05) is 0 Å². The Morgan fingerprint density at radius 2 is 1.67 bits per heavy atom. The lowest BCUT2D eigenvalue weighted by molar-refractivity contribution is -0.303. The molecule has 3 rings (SSSR count). The van der Waals surface area contributed by atoms with Crippen molar-refractivity contribution in [1.29, 1.82) is 0 Å². The van der Waals surface area contributed by atoms with Crippen LogP contribution in [0.4, 0.5) is 0 Å². The summed E-state index contributed by atoms with van der Waals surface area (Å²) in [5.41, 5.74) is 17.4. The summed E-state index contributed by atoms with van der Waals surface area (Å²) in [5, 5.41) is 38.2. The van der Waals surface area contributed by atoms with Crippen LogP contribution >= 0.6 is 0 Å². The molecule has 192 valence electrons. The van der Waals surface area contributed by atoms with Crippen molar-refractivity contribution >= 4 is 0 Å². The van der Waals surface area contributed by atoms with Gasteiger partial charge in [0, 0.05) is 12.1 Å². The van der Waals surface area contributed by atoms with E-state index in [1.54, 1.807) is 14.0 Å². The van der Waals surface area contributed by atoms with Gasteiger partial charge in [-0.05, 0) is 46.9 Å². The summed E-state index contributed by atoms with van der Waals surface area (Å²) in [4.78, 5) is 0. The first-order chi connectivity index (χ1) is 15.5. The van der Waals surface area contributed by atoms with Crippen LogP contribution in [0.1, 0.15) is 26.7 Å². The van der Waals surface area contributed by atoms with Crippen LogP contribution in [-0.2, 0) is 18.9 Å². The normalized spacial score (nSPS) is 47.5. The van der Waals surface area contributed by atoms with E-state index >= 15 is 0 Å². The first-order valence-corrected chi connectivity index (χ1v) is 11.5. The lowest BCUT2D eigenvalue weighted by Crippen LogP contribution is -2.68. The molecule has 3 aliphatic rings. The standard InChI is InChI=1S/C21H41N5O7/c1-9(25-3)13-6-5-10(22)19(31-13)32-16-11(23)7-12(24)17(14(16)27)33-20-15(28)18(26-4)21(2,29)8-30-20/h6,9-12,14-20,25-29H,5,7-8,22-24H2,1-4H3. The van der Waals surface area contributed by atoms with Gasteiger partial charge >= 0.3 is 0 Å². The minimum absolute atomic E-state index is 0.0275. The maximum absolute atomic E-state index is 11.1. The van der Waals surface area contributed by atoms with Gasteiger partial charge in [-0.2, -0.15) is 0 Å². The van der Waals surface area contributed by atoms with Crippen molar-refractivity contribution in [3.8, 4) is 0 Å². The monoisotopic (exact) mass is 475 g/mol. The molecule has 0 bridgehead atoms. The predicted octanol–water partition coefficient (Wildman–Crippen LogP) is -3.20. The smallest absolute Gasteiger partial charge is 0.215 e. The van der Waals surface area contributed by atoms with Crippen LogP contribution in [0, 0.1) is 0 Å². The van der Waals surface area contributed by atoms with E-state index < -0.39 is 66.8 Å². The van der Waals surface area contributed by atoms with Gasteiger partial charge in [0.25, 0.3) is 0 Å². The summed E-state index contributed by atoms with van der Waals surface area (Å²) in [7, 11) is 3.45. The van der Waals surface area contributed by atoms with Crippen molar-refractivity contribution in [1.82, 2.24) is 10.6 Å². The molecule has 11 N–H and O–H groups in total. The second kappa shape index (κ2) is 10.8. The van der Waals surface area contributed by atoms with Crippen molar-refractivity contribution in [2.75, 3.05) is 20.7 Å². The molecule has 0 aromatic heterocycles. The highest BCUT2D eigenvalue weighted by atomic mass is 16.7. The molecule has 0 spiro atoms. The largest absolute Gasteiger partial charge is 0.466 e. The van der Waals surface area contributed by atoms with E-state index in [9.17, 15) is 15.3 Å². The van der Waals surface area contributed by atoms with Gasteiger partial charge in [0.1, 0.15) is 35.8 Å². The molecular weight excluding hydrogens is 434 g/mol. The number of nitrogens with one attached hydrogen (secondary N) is 2. The lowest BCUT2D eigenvalue weighted by atomic mass is 9.84. The van der Waals surface area contributed by atoms with Crippen molar-refractivity contribution in [3.63, 3.8) is 0 Å². The number of rotatable bonds is 7. The molecule has 1 saturated heterocycles. The highest BCUT2D eigenvalue weighted by Crippen LogP contribution is 2.31. The van der Waals surface area contributed by atoms with Crippen molar-refractivity contribution in [2.24, 2.45) is 17.2 Å².